The second-order valence-corrected chi connectivity index (χ2v) is 4.45. The van der Waals surface area contributed by atoms with Gasteiger partial charge in [0.15, 0.2) is 0 Å². The van der Waals surface area contributed by atoms with Crippen molar-refractivity contribution in [1.82, 2.24) is 9.78 Å². The van der Waals surface area contributed by atoms with Gasteiger partial charge < -0.3 is 0 Å². The van der Waals surface area contributed by atoms with Crippen molar-refractivity contribution in [2.75, 3.05) is 0 Å². The lowest BCUT2D eigenvalue weighted by molar-refractivity contribution is -0.694. The topological polar surface area (TPSA) is 84.7 Å². The molecule has 2 rings (SSSR count). The average Bonchev–Trinajstić information content (AvgIpc) is 3.04. The maximum atomic E-state index is 9.17. The summed E-state index contributed by atoms with van der Waals surface area (Å²) in [5.41, 5.74) is 1.90. The van der Waals surface area contributed by atoms with Crippen molar-refractivity contribution in [3.63, 3.8) is 0 Å². The summed E-state index contributed by atoms with van der Waals surface area (Å²) in [5, 5.41) is 20.6. The third-order valence-electron chi connectivity index (χ3n) is 3.03. The number of rotatable bonds is 5. The van der Waals surface area contributed by atoms with Crippen LogP contribution in [0.3, 0.4) is 0 Å². The van der Waals surface area contributed by atoms with Crippen LogP contribution in [-0.4, -0.2) is 33.2 Å². The van der Waals surface area contributed by atoms with Crippen LogP contribution < -0.4 is 4.57 Å². The lowest BCUT2D eigenvalue weighted by Crippen LogP contribution is -2.28. The molecule has 0 saturated carbocycles. The van der Waals surface area contributed by atoms with Crippen LogP contribution in [0, 0.1) is 16.7 Å². The van der Waals surface area contributed by atoms with E-state index in [1.165, 1.54) is 10.9 Å². The quantitative estimate of drug-likeness (QED) is 0.514. The number of aromatic nitrogens is 3. The third-order valence-corrected chi connectivity index (χ3v) is 3.03. The van der Waals surface area contributed by atoms with Gasteiger partial charge in [0.05, 0.1) is 18.2 Å². The molecular weight excluding hydrogens is 278 g/mol. The molecule has 0 spiro atoms. The van der Waals surface area contributed by atoms with Crippen molar-refractivity contribution >= 4 is 24.6 Å². The first-order valence-corrected chi connectivity index (χ1v) is 6.81. The van der Waals surface area contributed by atoms with E-state index < -0.39 is 0 Å². The number of benzene rings is 1. The number of nitrogens with one attached hydrogen (secondary N) is 1. The smallest absolute Gasteiger partial charge is 0.237 e. The number of aliphatic imine (C=N–C) groups is 1. The van der Waals surface area contributed by atoms with Crippen molar-refractivity contribution < 1.29 is 9.14 Å². The molecule has 1 N–H and O–H groups in total. The first-order chi connectivity index (χ1) is 10.7. The highest BCUT2D eigenvalue weighted by Crippen LogP contribution is 2.19. The summed E-state index contributed by atoms with van der Waals surface area (Å²) in [6, 6.07) is 7.41. The van der Waals surface area contributed by atoms with Gasteiger partial charge in [0.25, 0.3) is 6.33 Å². The van der Waals surface area contributed by atoms with E-state index in [9.17, 15) is 0 Å². The molecule has 110 valence electrons. The normalized spacial score (nSPS) is 11.6. The summed E-state index contributed by atoms with van der Waals surface area (Å²) in [7, 11) is 0. The fourth-order valence-corrected chi connectivity index (χ4v) is 1.79. The van der Waals surface area contributed by atoms with E-state index in [4.69, 9.17) is 10.7 Å². The molecule has 2 aromatic rings. The van der Waals surface area contributed by atoms with E-state index in [0.717, 1.165) is 18.6 Å². The molecule has 0 atom stereocenters. The lowest BCUT2D eigenvalue weighted by atomic mass is 10.2. The predicted octanol–water partition coefficient (Wildman–Crippen LogP) is 1.42. The van der Waals surface area contributed by atoms with Gasteiger partial charge in [0.1, 0.15) is 11.4 Å². The first-order valence-electron chi connectivity index (χ1n) is 6.81. The van der Waals surface area contributed by atoms with Crippen molar-refractivity contribution in [2.24, 2.45) is 4.99 Å². The van der Waals surface area contributed by atoms with E-state index in [1.54, 1.807) is 36.3 Å². The van der Waals surface area contributed by atoms with Crippen LogP contribution in [0.4, 0.5) is 5.69 Å². The summed E-state index contributed by atoms with van der Waals surface area (Å²) in [4.78, 5) is 4.29. The minimum atomic E-state index is 0.505. The average molecular weight is 295 g/mol. The Labute approximate surface area is 128 Å². The highest BCUT2D eigenvalue weighted by molar-refractivity contribution is 5.70. The Hall–Kier alpha value is -3.14. The van der Waals surface area contributed by atoms with E-state index in [0.29, 0.717) is 11.3 Å². The Kier molecular flexibility index (Phi) is 4.88. The van der Waals surface area contributed by atoms with Gasteiger partial charge in [-0.2, -0.15) is 10.7 Å². The van der Waals surface area contributed by atoms with E-state index in [1.807, 2.05) is 23.9 Å². The minimum Gasteiger partial charge on any atom is -0.237 e. The molecule has 0 fully saturated rings. The Morgan fingerprint density at radius 3 is 2.91 bits per heavy atom. The van der Waals surface area contributed by atoms with Crippen molar-refractivity contribution in [3.8, 4) is 11.8 Å². The first kappa shape index (κ1) is 15.3. The fourth-order valence-electron chi connectivity index (χ4n) is 1.79. The molecule has 0 unspecified atom stereocenters. The highest BCUT2D eigenvalue weighted by Gasteiger charge is 2.11. The third kappa shape index (κ3) is 3.49. The van der Waals surface area contributed by atoms with E-state index >= 15 is 0 Å². The number of aryl methyl sites for hydroxylation is 1. The van der Waals surface area contributed by atoms with Crippen LogP contribution >= 0.6 is 0 Å². The second kappa shape index (κ2) is 7.04. The maximum absolute atomic E-state index is 9.17. The molecule has 0 aliphatic carbocycles. The van der Waals surface area contributed by atoms with Crippen LogP contribution in [-0.2, 0) is 6.54 Å². The number of nitriles is 1. The molecule has 0 saturated heterocycles. The number of hydrogen-bond donors (Lipinski definition) is 1. The largest absolute Gasteiger partial charge is 0.265 e. The zero-order chi connectivity index (χ0) is 15.9. The highest BCUT2D eigenvalue weighted by atomic mass is 15.3. The van der Waals surface area contributed by atoms with E-state index in [2.05, 4.69) is 16.2 Å². The summed E-state index contributed by atoms with van der Waals surface area (Å²) >= 11 is 0. The van der Waals surface area contributed by atoms with Gasteiger partial charge in [-0.1, -0.05) is 4.68 Å². The van der Waals surface area contributed by atoms with Gasteiger partial charge in [0, 0.05) is 17.4 Å². The van der Waals surface area contributed by atoms with Crippen LogP contribution in [0.5, 0.6) is 0 Å². The van der Waals surface area contributed by atoms with E-state index in [-0.39, 0.29) is 0 Å². The molecule has 7 nitrogen and oxygen atoms in total. The molecule has 22 heavy (non-hydrogen) atoms. The van der Waals surface area contributed by atoms with Gasteiger partial charge >= 0.3 is 0 Å². The maximum Gasteiger partial charge on any atom is 0.265 e. The van der Waals surface area contributed by atoms with Gasteiger partial charge in [0.2, 0.25) is 19.0 Å². The van der Waals surface area contributed by atoms with Crippen LogP contribution in [0.1, 0.15) is 19.4 Å². The Balaban J connectivity index is 2.42. The van der Waals surface area contributed by atoms with Gasteiger partial charge in [-0.3, -0.25) is 0 Å². The number of hydrogen-bond acceptors (Lipinski definition) is 4. The zero-order valence-electron chi connectivity index (χ0n) is 12.5. The SMILES string of the molecule is CC=[N+](C=N)C=Nc1cc(C#N)cc(-n2c[n+](CC)cn2)c1. The molecule has 7 heteroatoms. The van der Waals surface area contributed by atoms with Gasteiger partial charge in [-0.05, 0) is 26.0 Å². The molecule has 1 aromatic carbocycles. The van der Waals surface area contributed by atoms with Crippen molar-refractivity contribution in [2.45, 2.75) is 20.4 Å². The van der Waals surface area contributed by atoms with Crippen molar-refractivity contribution in [1.29, 1.82) is 10.7 Å². The van der Waals surface area contributed by atoms with Crippen LogP contribution in [0.2, 0.25) is 0 Å². The second-order valence-electron chi connectivity index (χ2n) is 4.45. The van der Waals surface area contributed by atoms with Gasteiger partial charge in [-0.15, -0.1) is 4.99 Å². The lowest BCUT2D eigenvalue weighted by Gasteiger charge is -1.96. The zero-order valence-corrected chi connectivity index (χ0v) is 12.5. The van der Waals surface area contributed by atoms with Gasteiger partial charge in [-0.25, -0.2) is 9.14 Å². The molecule has 0 bridgehead atoms. The predicted molar refractivity (Wildman–Crippen MR) is 83.1 cm³/mol. The molecule has 1 aromatic heterocycles. The Bertz CT molecular complexity index is 777. The molecule has 0 amide bonds. The van der Waals surface area contributed by atoms with Crippen LogP contribution in [0.15, 0.2) is 35.8 Å². The molecule has 1 heterocycles. The standard InChI is InChI=1S/C15H17N7/c1-3-20(9-17)10-18-14-5-13(8-16)6-15(7-14)22-12-21(4-2)11-19-22/h3,5-7,9-12,17H,4H2,1-2H3/q+2. The molecule has 0 radical (unpaired) electrons. The molecule has 0 aliphatic heterocycles. The Morgan fingerprint density at radius 2 is 2.32 bits per heavy atom. The molecular formula is C15H17N7+2. The monoisotopic (exact) mass is 295 g/mol. The summed E-state index contributed by atoms with van der Waals surface area (Å²) in [6.45, 7) is 4.66. The van der Waals surface area contributed by atoms with Crippen molar-refractivity contribution in [3.05, 3.63) is 36.4 Å². The Morgan fingerprint density at radius 1 is 1.50 bits per heavy atom. The summed E-state index contributed by atoms with van der Waals surface area (Å²) < 4.78 is 5.15. The summed E-state index contributed by atoms with van der Waals surface area (Å²) in [5.74, 6) is 0. The minimum absolute atomic E-state index is 0.505. The number of nitrogens with zero attached hydrogens (tertiary/aromatic N) is 6. The molecule has 0 aliphatic rings. The summed E-state index contributed by atoms with van der Waals surface area (Å²) in [6.07, 6.45) is 7.96. The fraction of sp³-hybridized carbons (Fsp3) is 0.200. The van der Waals surface area contributed by atoms with Crippen LogP contribution in [0.25, 0.3) is 5.69 Å².